The maximum absolute atomic E-state index is 12.1. The van der Waals surface area contributed by atoms with Crippen LogP contribution in [0.1, 0.15) is 35.7 Å². The lowest BCUT2D eigenvalue weighted by atomic mass is 10.00. The van der Waals surface area contributed by atoms with Crippen molar-refractivity contribution in [1.29, 1.82) is 0 Å². The smallest absolute Gasteiger partial charge is 0.164 e. The molecule has 1 aromatic carbocycles. The molecule has 0 amide bonds. The molecule has 0 aliphatic rings. The third-order valence-corrected chi connectivity index (χ3v) is 4.74. The van der Waals surface area contributed by atoms with Crippen molar-refractivity contribution >= 4 is 15.6 Å². The molecular formula is C14H21NO3S. The van der Waals surface area contributed by atoms with Crippen molar-refractivity contribution in [3.8, 4) is 0 Å². The zero-order valence-corrected chi connectivity index (χ0v) is 12.1. The maximum atomic E-state index is 12.1. The first-order chi connectivity index (χ1) is 9.00. The van der Waals surface area contributed by atoms with E-state index in [9.17, 15) is 13.2 Å². The highest BCUT2D eigenvalue weighted by molar-refractivity contribution is 7.91. The van der Waals surface area contributed by atoms with Crippen LogP contribution in [0.4, 0.5) is 0 Å². The second kappa shape index (κ2) is 7.40. The Balaban J connectivity index is 2.74. The normalized spacial score (nSPS) is 11.5. The molecule has 0 heterocycles. The third-order valence-electron chi connectivity index (χ3n) is 2.89. The number of Topliss-reactive ketones (excluding diaryl/α,β-unsaturated/α-hetero) is 1. The Kier molecular flexibility index (Phi) is 6.18. The molecule has 4 nitrogen and oxygen atoms in total. The molecule has 0 saturated carbocycles. The minimum Gasteiger partial charge on any atom is -0.330 e. The Labute approximate surface area is 114 Å². The summed E-state index contributed by atoms with van der Waals surface area (Å²) < 4.78 is 23.2. The van der Waals surface area contributed by atoms with Gasteiger partial charge in [-0.3, -0.25) is 4.79 Å². The van der Waals surface area contributed by atoms with Crippen LogP contribution in [0.25, 0.3) is 0 Å². The van der Waals surface area contributed by atoms with E-state index < -0.39 is 9.84 Å². The molecule has 0 spiro atoms. The van der Waals surface area contributed by atoms with Gasteiger partial charge in [0.1, 0.15) is 0 Å². The van der Waals surface area contributed by atoms with Crippen LogP contribution in [0.3, 0.4) is 0 Å². The zero-order chi connectivity index (χ0) is 14.3. The quantitative estimate of drug-likeness (QED) is 0.735. The molecular weight excluding hydrogens is 262 g/mol. The highest BCUT2D eigenvalue weighted by Crippen LogP contribution is 2.12. The number of rotatable bonds is 8. The molecule has 0 aliphatic heterocycles. The first-order valence-electron chi connectivity index (χ1n) is 6.51. The average Bonchev–Trinajstić information content (AvgIpc) is 2.37. The van der Waals surface area contributed by atoms with Gasteiger partial charge in [-0.25, -0.2) is 8.42 Å². The number of sulfone groups is 1. The lowest BCUT2D eigenvalue weighted by Crippen LogP contribution is -2.15. The maximum Gasteiger partial charge on any atom is 0.164 e. The van der Waals surface area contributed by atoms with Crippen molar-refractivity contribution in [2.24, 2.45) is 5.73 Å². The predicted octanol–water partition coefficient (Wildman–Crippen LogP) is 1.59. The summed E-state index contributed by atoms with van der Waals surface area (Å²) in [6.07, 6.45) is 1.26. The van der Waals surface area contributed by atoms with Crippen LogP contribution in [0.5, 0.6) is 0 Å². The molecule has 0 unspecified atom stereocenters. The van der Waals surface area contributed by atoms with Crippen LogP contribution in [-0.4, -0.2) is 32.3 Å². The summed E-state index contributed by atoms with van der Waals surface area (Å²) in [5.74, 6) is -0.0508. The van der Waals surface area contributed by atoms with Gasteiger partial charge in [0.05, 0.1) is 5.75 Å². The second-order valence-electron chi connectivity index (χ2n) is 4.52. The zero-order valence-electron chi connectivity index (χ0n) is 11.3. The number of nitrogens with two attached hydrogens (primary N) is 1. The van der Waals surface area contributed by atoms with E-state index in [2.05, 4.69) is 0 Å². The van der Waals surface area contributed by atoms with Crippen LogP contribution >= 0.6 is 0 Å². The van der Waals surface area contributed by atoms with Gasteiger partial charge in [-0.15, -0.1) is 0 Å². The minimum atomic E-state index is -3.11. The Morgan fingerprint density at radius 2 is 1.89 bits per heavy atom. The second-order valence-corrected chi connectivity index (χ2v) is 6.82. The molecule has 106 valence electrons. The van der Waals surface area contributed by atoms with Crippen molar-refractivity contribution in [3.63, 3.8) is 0 Å². The molecule has 0 aromatic heterocycles. The summed E-state index contributed by atoms with van der Waals surface area (Å²) in [5, 5.41) is 0. The first-order valence-corrected chi connectivity index (χ1v) is 8.34. The van der Waals surface area contributed by atoms with Gasteiger partial charge < -0.3 is 5.73 Å². The first kappa shape index (κ1) is 15.9. The molecule has 19 heavy (non-hydrogen) atoms. The minimum absolute atomic E-state index is 0.0456. The molecule has 2 N–H and O–H groups in total. The number of benzene rings is 1. The Bertz CT molecular complexity index is 523. The van der Waals surface area contributed by atoms with E-state index in [-0.39, 0.29) is 23.7 Å². The van der Waals surface area contributed by atoms with E-state index in [4.69, 9.17) is 5.73 Å². The standard InChI is InChI=1S/C14H21NO3S/c1-2-10-19(17,18)11-8-14(16)13-6-4-3-5-12(13)7-9-15/h3-6H,2,7-11,15H2,1H3. The summed E-state index contributed by atoms with van der Waals surface area (Å²) in [6.45, 7) is 2.29. The van der Waals surface area contributed by atoms with Crippen LogP contribution < -0.4 is 5.73 Å². The molecule has 0 aliphatic carbocycles. The van der Waals surface area contributed by atoms with E-state index in [1.54, 1.807) is 12.1 Å². The van der Waals surface area contributed by atoms with Gasteiger partial charge in [0.2, 0.25) is 0 Å². The van der Waals surface area contributed by atoms with Crippen molar-refractivity contribution < 1.29 is 13.2 Å². The summed E-state index contributed by atoms with van der Waals surface area (Å²) in [4.78, 5) is 12.1. The molecule has 1 aromatic rings. The Morgan fingerprint density at radius 3 is 2.53 bits per heavy atom. The monoisotopic (exact) mass is 283 g/mol. The number of hydrogen-bond acceptors (Lipinski definition) is 4. The summed E-state index contributed by atoms with van der Waals surface area (Å²) >= 11 is 0. The van der Waals surface area contributed by atoms with Gasteiger partial charge >= 0.3 is 0 Å². The molecule has 0 radical (unpaired) electrons. The van der Waals surface area contributed by atoms with Crippen molar-refractivity contribution in [1.82, 2.24) is 0 Å². The summed E-state index contributed by atoms with van der Waals surface area (Å²) in [5.41, 5.74) is 6.99. The van der Waals surface area contributed by atoms with Crippen LogP contribution in [0.15, 0.2) is 24.3 Å². The van der Waals surface area contributed by atoms with E-state index in [0.29, 0.717) is 24.9 Å². The highest BCUT2D eigenvalue weighted by atomic mass is 32.2. The fraction of sp³-hybridized carbons (Fsp3) is 0.500. The predicted molar refractivity (Wildman–Crippen MR) is 77.1 cm³/mol. The van der Waals surface area contributed by atoms with E-state index in [1.165, 1.54) is 0 Å². The van der Waals surface area contributed by atoms with Crippen LogP contribution in [0.2, 0.25) is 0 Å². The number of carbonyl (C=O) groups excluding carboxylic acids is 1. The van der Waals surface area contributed by atoms with Crippen LogP contribution in [0, 0.1) is 0 Å². The SMILES string of the molecule is CCCS(=O)(=O)CCC(=O)c1ccccc1CCN. The molecule has 0 atom stereocenters. The third kappa shape index (κ3) is 5.12. The molecule has 5 heteroatoms. The lowest BCUT2D eigenvalue weighted by molar-refractivity contribution is 0.0988. The fourth-order valence-corrected chi connectivity index (χ4v) is 3.28. The number of carbonyl (C=O) groups is 1. The van der Waals surface area contributed by atoms with E-state index >= 15 is 0 Å². The fourth-order valence-electron chi connectivity index (χ4n) is 1.96. The van der Waals surface area contributed by atoms with Crippen molar-refractivity contribution in [2.75, 3.05) is 18.1 Å². The molecule has 1 rings (SSSR count). The molecule has 0 bridgehead atoms. The Morgan fingerprint density at radius 1 is 1.21 bits per heavy atom. The topological polar surface area (TPSA) is 77.2 Å². The summed E-state index contributed by atoms with van der Waals surface area (Å²) in [6, 6.07) is 7.24. The molecule has 0 saturated heterocycles. The van der Waals surface area contributed by atoms with Crippen LogP contribution in [-0.2, 0) is 16.3 Å². The molecule has 0 fully saturated rings. The number of hydrogen-bond donors (Lipinski definition) is 1. The van der Waals surface area contributed by atoms with Gasteiger partial charge in [-0.05, 0) is 24.9 Å². The van der Waals surface area contributed by atoms with Gasteiger partial charge in [-0.2, -0.15) is 0 Å². The summed E-state index contributed by atoms with van der Waals surface area (Å²) in [7, 11) is -3.11. The average molecular weight is 283 g/mol. The van der Waals surface area contributed by atoms with Crippen molar-refractivity contribution in [3.05, 3.63) is 35.4 Å². The van der Waals surface area contributed by atoms with Gasteiger partial charge in [0.15, 0.2) is 15.6 Å². The van der Waals surface area contributed by atoms with Gasteiger partial charge in [0.25, 0.3) is 0 Å². The number of ketones is 1. The van der Waals surface area contributed by atoms with E-state index in [1.807, 2.05) is 19.1 Å². The highest BCUT2D eigenvalue weighted by Gasteiger charge is 2.15. The van der Waals surface area contributed by atoms with Gasteiger partial charge in [0, 0.05) is 17.7 Å². The van der Waals surface area contributed by atoms with Crippen molar-refractivity contribution in [2.45, 2.75) is 26.2 Å². The lowest BCUT2D eigenvalue weighted by Gasteiger charge is -2.08. The van der Waals surface area contributed by atoms with E-state index in [0.717, 1.165) is 5.56 Å². The largest absolute Gasteiger partial charge is 0.330 e. The Hall–Kier alpha value is -1.20. The van der Waals surface area contributed by atoms with Gasteiger partial charge in [-0.1, -0.05) is 31.2 Å².